The number of carbonyl (C=O) groups is 1. The van der Waals surface area contributed by atoms with Crippen LogP contribution in [0.5, 0.6) is 0 Å². The molecule has 98 valence electrons. The minimum Gasteiger partial charge on any atom is -0.300 e. The molecule has 1 aliphatic heterocycles. The molecule has 1 saturated heterocycles. The summed E-state index contributed by atoms with van der Waals surface area (Å²) in [6.45, 7) is 5.35. The highest BCUT2D eigenvalue weighted by Gasteiger charge is 2.32. The van der Waals surface area contributed by atoms with Gasteiger partial charge in [0.1, 0.15) is 5.78 Å². The fraction of sp³-hybridized carbons (Fsp3) is 0.562. The van der Waals surface area contributed by atoms with Crippen molar-refractivity contribution in [1.29, 1.82) is 0 Å². The number of Topliss-reactive ketones (excluding diaryl/α,β-unsaturated/α-hetero) is 1. The first-order chi connectivity index (χ1) is 8.74. The summed E-state index contributed by atoms with van der Waals surface area (Å²) in [6.07, 6.45) is 3.60. The first kappa shape index (κ1) is 13.3. The van der Waals surface area contributed by atoms with Crippen LogP contribution in [0.4, 0.5) is 0 Å². The molecule has 0 N–H and O–H groups in total. The van der Waals surface area contributed by atoms with E-state index >= 15 is 0 Å². The van der Waals surface area contributed by atoms with Crippen molar-refractivity contribution >= 4 is 5.78 Å². The van der Waals surface area contributed by atoms with E-state index in [1.807, 2.05) is 0 Å². The van der Waals surface area contributed by atoms with E-state index in [0.29, 0.717) is 17.9 Å². The van der Waals surface area contributed by atoms with Crippen molar-refractivity contribution in [2.75, 3.05) is 0 Å². The highest BCUT2D eigenvalue weighted by molar-refractivity contribution is 5.80. The lowest BCUT2D eigenvalue weighted by Gasteiger charge is -2.41. The van der Waals surface area contributed by atoms with E-state index in [2.05, 4.69) is 49.1 Å². The van der Waals surface area contributed by atoms with Gasteiger partial charge in [-0.15, -0.1) is 0 Å². The third-order valence-electron chi connectivity index (χ3n) is 4.02. The Balaban J connectivity index is 2.13. The molecular formula is C16H23NO. The van der Waals surface area contributed by atoms with Gasteiger partial charge in [-0.25, -0.2) is 0 Å². The van der Waals surface area contributed by atoms with Crippen LogP contribution in [-0.2, 0) is 11.3 Å². The maximum absolute atomic E-state index is 11.8. The first-order valence-corrected chi connectivity index (χ1v) is 7.06. The van der Waals surface area contributed by atoms with Gasteiger partial charge >= 0.3 is 0 Å². The minimum atomic E-state index is 0.427. The van der Waals surface area contributed by atoms with Crippen molar-refractivity contribution in [2.24, 2.45) is 0 Å². The van der Waals surface area contributed by atoms with Crippen molar-refractivity contribution in [3.63, 3.8) is 0 Å². The molecule has 0 saturated carbocycles. The van der Waals surface area contributed by atoms with Gasteiger partial charge in [0.05, 0.1) is 0 Å². The number of likely N-dealkylation sites (tertiary alicyclic amines) is 1. The van der Waals surface area contributed by atoms with Gasteiger partial charge in [0.2, 0.25) is 0 Å². The van der Waals surface area contributed by atoms with Crippen LogP contribution in [0.1, 0.15) is 45.1 Å². The number of hydrogen-bond donors (Lipinski definition) is 0. The summed E-state index contributed by atoms with van der Waals surface area (Å²) < 4.78 is 0. The van der Waals surface area contributed by atoms with Crippen LogP contribution < -0.4 is 0 Å². The molecule has 0 aliphatic carbocycles. The predicted octanol–water partition coefficient (Wildman–Crippen LogP) is 3.41. The molecule has 0 radical (unpaired) electrons. The molecule has 0 spiro atoms. The number of rotatable bonds is 4. The Kier molecular flexibility index (Phi) is 4.54. The quantitative estimate of drug-likeness (QED) is 0.810. The highest BCUT2D eigenvalue weighted by atomic mass is 16.1. The van der Waals surface area contributed by atoms with E-state index in [4.69, 9.17) is 0 Å². The van der Waals surface area contributed by atoms with Crippen LogP contribution in [0.3, 0.4) is 0 Å². The second-order valence-corrected chi connectivity index (χ2v) is 5.23. The molecular weight excluding hydrogens is 222 g/mol. The molecule has 1 heterocycles. The summed E-state index contributed by atoms with van der Waals surface area (Å²) in [4.78, 5) is 14.3. The summed E-state index contributed by atoms with van der Waals surface area (Å²) in [5.41, 5.74) is 1.35. The Morgan fingerprint density at radius 3 is 2.11 bits per heavy atom. The van der Waals surface area contributed by atoms with Crippen molar-refractivity contribution in [2.45, 2.75) is 58.2 Å². The Bertz CT molecular complexity index is 371. The van der Waals surface area contributed by atoms with E-state index in [-0.39, 0.29) is 0 Å². The van der Waals surface area contributed by atoms with Crippen molar-refractivity contribution in [3.05, 3.63) is 35.9 Å². The zero-order valence-electron chi connectivity index (χ0n) is 11.4. The fourth-order valence-corrected chi connectivity index (χ4v) is 2.95. The molecule has 0 amide bonds. The van der Waals surface area contributed by atoms with Crippen molar-refractivity contribution in [3.8, 4) is 0 Å². The number of carbonyl (C=O) groups excluding carboxylic acids is 1. The molecule has 2 heteroatoms. The fourth-order valence-electron chi connectivity index (χ4n) is 2.95. The zero-order valence-corrected chi connectivity index (χ0v) is 11.4. The molecule has 1 aromatic rings. The van der Waals surface area contributed by atoms with E-state index < -0.39 is 0 Å². The number of hydrogen-bond acceptors (Lipinski definition) is 2. The molecule has 1 aromatic carbocycles. The van der Waals surface area contributed by atoms with Crippen LogP contribution in [0.2, 0.25) is 0 Å². The molecule has 2 atom stereocenters. The molecule has 2 nitrogen and oxygen atoms in total. The molecule has 18 heavy (non-hydrogen) atoms. The smallest absolute Gasteiger partial charge is 0.136 e. The normalized spacial score (nSPS) is 25.3. The Morgan fingerprint density at radius 2 is 1.61 bits per heavy atom. The van der Waals surface area contributed by atoms with E-state index in [1.54, 1.807) is 0 Å². The van der Waals surface area contributed by atoms with Crippen LogP contribution in [0, 0.1) is 0 Å². The van der Waals surface area contributed by atoms with Crippen molar-refractivity contribution < 1.29 is 4.79 Å². The van der Waals surface area contributed by atoms with Gasteiger partial charge in [0.15, 0.2) is 0 Å². The largest absolute Gasteiger partial charge is 0.300 e. The standard InChI is InChI=1S/C16H23NO/c1-3-14-10-16(18)11-15(4-2)17(14)12-13-8-6-5-7-9-13/h5-9,14-15H,3-4,10-12H2,1-2H3/t14-,15-/m0/s1. The van der Waals surface area contributed by atoms with E-state index in [9.17, 15) is 4.79 Å². The maximum Gasteiger partial charge on any atom is 0.136 e. The number of ketones is 1. The topological polar surface area (TPSA) is 20.3 Å². The van der Waals surface area contributed by atoms with Gasteiger partial charge < -0.3 is 0 Å². The van der Waals surface area contributed by atoms with Crippen molar-refractivity contribution in [1.82, 2.24) is 4.90 Å². The first-order valence-electron chi connectivity index (χ1n) is 7.06. The number of benzene rings is 1. The Morgan fingerprint density at radius 1 is 1.06 bits per heavy atom. The lowest BCUT2D eigenvalue weighted by atomic mass is 9.91. The lowest BCUT2D eigenvalue weighted by Crippen LogP contribution is -2.48. The van der Waals surface area contributed by atoms with Gasteiger partial charge in [-0.3, -0.25) is 9.69 Å². The molecule has 2 rings (SSSR count). The summed E-state index contributed by atoms with van der Waals surface area (Å²) in [5, 5.41) is 0. The van der Waals surface area contributed by atoms with E-state index in [0.717, 1.165) is 32.2 Å². The Labute approximate surface area is 110 Å². The predicted molar refractivity (Wildman–Crippen MR) is 74.4 cm³/mol. The van der Waals surface area contributed by atoms with Gasteiger partial charge in [-0.2, -0.15) is 0 Å². The van der Waals surface area contributed by atoms with Gasteiger partial charge in [-0.05, 0) is 18.4 Å². The summed E-state index contributed by atoms with van der Waals surface area (Å²) in [6, 6.07) is 11.4. The summed E-state index contributed by atoms with van der Waals surface area (Å²) in [7, 11) is 0. The SMILES string of the molecule is CC[C@H]1CC(=O)C[C@H](CC)N1Cc1ccccc1. The minimum absolute atomic E-state index is 0.427. The van der Waals surface area contributed by atoms with E-state index in [1.165, 1.54) is 5.56 Å². The zero-order chi connectivity index (χ0) is 13.0. The highest BCUT2D eigenvalue weighted by Crippen LogP contribution is 2.26. The second kappa shape index (κ2) is 6.14. The molecule has 1 aliphatic rings. The maximum atomic E-state index is 11.8. The summed E-state index contributed by atoms with van der Waals surface area (Å²) >= 11 is 0. The van der Waals surface area contributed by atoms with Crippen LogP contribution in [0.25, 0.3) is 0 Å². The van der Waals surface area contributed by atoms with Gasteiger partial charge in [0, 0.05) is 31.5 Å². The lowest BCUT2D eigenvalue weighted by molar-refractivity contribution is -0.125. The third-order valence-corrected chi connectivity index (χ3v) is 4.02. The average Bonchev–Trinajstić information content (AvgIpc) is 2.41. The van der Waals surface area contributed by atoms with Gasteiger partial charge in [0.25, 0.3) is 0 Å². The number of piperidine rings is 1. The molecule has 0 bridgehead atoms. The second-order valence-electron chi connectivity index (χ2n) is 5.23. The monoisotopic (exact) mass is 245 g/mol. The number of nitrogens with zero attached hydrogens (tertiary/aromatic N) is 1. The summed E-state index contributed by atoms with van der Waals surface area (Å²) in [5.74, 6) is 0.443. The van der Waals surface area contributed by atoms with Crippen LogP contribution in [0.15, 0.2) is 30.3 Å². The Hall–Kier alpha value is -1.15. The van der Waals surface area contributed by atoms with Crippen LogP contribution in [-0.4, -0.2) is 22.8 Å². The van der Waals surface area contributed by atoms with Crippen LogP contribution >= 0.6 is 0 Å². The third kappa shape index (κ3) is 2.99. The average molecular weight is 245 g/mol. The molecule has 0 unspecified atom stereocenters. The van der Waals surface area contributed by atoms with Gasteiger partial charge in [-0.1, -0.05) is 44.2 Å². The molecule has 0 aromatic heterocycles. The molecule has 1 fully saturated rings.